The predicted molar refractivity (Wildman–Crippen MR) is 71.0 cm³/mol. The third kappa shape index (κ3) is 2.34. The number of pyridine rings is 1. The summed E-state index contributed by atoms with van der Waals surface area (Å²) >= 11 is 0. The van der Waals surface area contributed by atoms with E-state index < -0.39 is 33.0 Å². The summed E-state index contributed by atoms with van der Waals surface area (Å²) in [5, 5.41) is 18.4. The van der Waals surface area contributed by atoms with Crippen molar-refractivity contribution >= 4 is 21.6 Å². The van der Waals surface area contributed by atoms with Gasteiger partial charge in [-0.05, 0) is 12.1 Å². The molecule has 0 fully saturated rings. The van der Waals surface area contributed by atoms with Crippen LogP contribution in [0.2, 0.25) is 0 Å². The molecule has 2 N–H and O–H groups in total. The summed E-state index contributed by atoms with van der Waals surface area (Å²) in [6.07, 6.45) is 0.978. The van der Waals surface area contributed by atoms with Gasteiger partial charge in [0, 0.05) is 20.3 Å². The normalized spacial score (nSPS) is 12.0. The zero-order chi connectivity index (χ0) is 15.9. The van der Waals surface area contributed by atoms with Crippen LogP contribution in [0.3, 0.4) is 0 Å². The van der Waals surface area contributed by atoms with Crippen molar-refractivity contribution in [3.63, 3.8) is 0 Å². The van der Waals surface area contributed by atoms with E-state index in [1.54, 1.807) is 0 Å². The smallest absolute Gasteiger partial charge is 0.358 e. The monoisotopic (exact) mass is 313 g/mol. The van der Waals surface area contributed by atoms with Crippen LogP contribution in [-0.4, -0.2) is 52.4 Å². The van der Waals surface area contributed by atoms with Crippen LogP contribution in [-0.2, 0) is 10.0 Å². The second kappa shape index (κ2) is 4.82. The number of aromatic nitrogens is 2. The van der Waals surface area contributed by atoms with Gasteiger partial charge < -0.3 is 10.2 Å². The van der Waals surface area contributed by atoms with Gasteiger partial charge in [-0.15, -0.1) is 0 Å². The summed E-state index contributed by atoms with van der Waals surface area (Å²) in [6, 6.07) is 2.38. The lowest BCUT2D eigenvalue weighted by atomic mass is 10.3. The van der Waals surface area contributed by atoms with E-state index in [4.69, 9.17) is 5.11 Å². The lowest BCUT2D eigenvalue weighted by Crippen LogP contribution is -2.24. The number of carboxylic acids is 1. The fourth-order valence-corrected chi connectivity index (χ4v) is 2.52. The molecule has 0 amide bonds. The number of fused-ring (bicyclic) bond motifs is 1. The molecule has 0 aliphatic carbocycles. The maximum Gasteiger partial charge on any atom is 0.358 e. The van der Waals surface area contributed by atoms with Crippen molar-refractivity contribution in [1.82, 2.24) is 13.7 Å². The van der Waals surface area contributed by atoms with E-state index in [1.807, 2.05) is 0 Å². The number of carbonyl (C=O) groups is 1. The fourth-order valence-electron chi connectivity index (χ4n) is 1.62. The van der Waals surface area contributed by atoms with Crippen LogP contribution in [0.5, 0.6) is 5.75 Å². The number of hydrogen-bond donors (Lipinski definition) is 2. The molecule has 0 radical (unpaired) electrons. The molecule has 0 aromatic carbocycles. The van der Waals surface area contributed by atoms with Gasteiger partial charge in [0.2, 0.25) is 15.8 Å². The van der Waals surface area contributed by atoms with Gasteiger partial charge >= 0.3 is 11.5 Å². The van der Waals surface area contributed by atoms with E-state index in [2.05, 4.69) is 4.98 Å². The highest BCUT2D eigenvalue weighted by molar-refractivity contribution is 7.89. The predicted octanol–water partition coefficient (Wildman–Crippen LogP) is -0.651. The lowest BCUT2D eigenvalue weighted by molar-refractivity contribution is 0.0686. The Kier molecular flexibility index (Phi) is 3.43. The van der Waals surface area contributed by atoms with E-state index in [-0.39, 0.29) is 10.5 Å². The summed E-state index contributed by atoms with van der Waals surface area (Å²) in [6.45, 7) is 0. The quantitative estimate of drug-likeness (QED) is 0.770. The SMILES string of the molecule is CN(C)S(=O)(=O)c1ccc2nc(C(=O)O)c(O)c(=O)n2c1. The first-order valence-electron chi connectivity index (χ1n) is 5.57. The van der Waals surface area contributed by atoms with Crippen LogP contribution in [0.1, 0.15) is 10.5 Å². The maximum absolute atomic E-state index is 12.0. The Labute approximate surface area is 118 Å². The van der Waals surface area contributed by atoms with Gasteiger partial charge in [0.25, 0.3) is 0 Å². The molecule has 0 aliphatic heterocycles. The molecule has 10 heteroatoms. The van der Waals surface area contributed by atoms with Crippen molar-refractivity contribution in [2.45, 2.75) is 4.90 Å². The molecule has 0 aliphatic rings. The third-order valence-corrected chi connectivity index (χ3v) is 4.55. The molecule has 9 nitrogen and oxygen atoms in total. The highest BCUT2D eigenvalue weighted by Crippen LogP contribution is 2.15. The Morgan fingerprint density at radius 1 is 1.33 bits per heavy atom. The van der Waals surface area contributed by atoms with Gasteiger partial charge in [0.15, 0.2) is 5.69 Å². The van der Waals surface area contributed by atoms with E-state index in [1.165, 1.54) is 26.2 Å². The number of sulfonamides is 1. The van der Waals surface area contributed by atoms with Gasteiger partial charge in [-0.25, -0.2) is 22.5 Å². The fraction of sp³-hybridized carbons (Fsp3) is 0.182. The molecule has 0 saturated heterocycles. The first-order valence-corrected chi connectivity index (χ1v) is 7.01. The Bertz CT molecular complexity index is 900. The van der Waals surface area contributed by atoms with Crippen molar-refractivity contribution < 1.29 is 23.4 Å². The van der Waals surface area contributed by atoms with E-state index in [9.17, 15) is 23.1 Å². The Morgan fingerprint density at radius 3 is 2.48 bits per heavy atom. The molecule has 0 bridgehead atoms. The number of aromatic carboxylic acids is 1. The number of nitrogens with zero attached hydrogens (tertiary/aromatic N) is 3. The highest BCUT2D eigenvalue weighted by atomic mass is 32.2. The van der Waals surface area contributed by atoms with Crippen LogP contribution in [0.4, 0.5) is 0 Å². The first-order chi connectivity index (χ1) is 9.66. The summed E-state index contributed by atoms with van der Waals surface area (Å²) in [7, 11) is -1.13. The van der Waals surface area contributed by atoms with Crippen LogP contribution >= 0.6 is 0 Å². The summed E-state index contributed by atoms with van der Waals surface area (Å²) in [5.41, 5.74) is -1.94. The standard InChI is InChI=1S/C11H11N3O6S/c1-13(2)21(19,20)6-3-4-7-12-8(11(17)18)9(15)10(16)14(7)5-6/h3-5,15H,1-2H3,(H,17,18). The summed E-state index contributed by atoms with van der Waals surface area (Å²) < 4.78 is 25.7. The number of aromatic hydroxyl groups is 1. The topological polar surface area (TPSA) is 129 Å². The van der Waals surface area contributed by atoms with Gasteiger partial charge in [0.1, 0.15) is 5.65 Å². The van der Waals surface area contributed by atoms with Gasteiger partial charge in [-0.2, -0.15) is 0 Å². The van der Waals surface area contributed by atoms with E-state index in [0.717, 1.165) is 14.9 Å². The number of hydrogen-bond acceptors (Lipinski definition) is 6. The Hall–Kier alpha value is -2.46. The highest BCUT2D eigenvalue weighted by Gasteiger charge is 2.21. The zero-order valence-electron chi connectivity index (χ0n) is 11.0. The summed E-state index contributed by atoms with van der Waals surface area (Å²) in [5.74, 6) is -2.61. The zero-order valence-corrected chi connectivity index (χ0v) is 11.8. The van der Waals surface area contributed by atoms with Gasteiger partial charge in [0.05, 0.1) is 4.90 Å². The van der Waals surface area contributed by atoms with Crippen molar-refractivity contribution in [3.8, 4) is 5.75 Å². The minimum absolute atomic E-state index is 0.0899. The van der Waals surface area contributed by atoms with Crippen LogP contribution in [0.25, 0.3) is 5.65 Å². The molecule has 2 aromatic rings. The van der Waals surface area contributed by atoms with Gasteiger partial charge in [-0.1, -0.05) is 0 Å². The molecule has 0 spiro atoms. The molecule has 2 aromatic heterocycles. The lowest BCUT2D eigenvalue weighted by Gasteiger charge is -2.12. The molecular weight excluding hydrogens is 302 g/mol. The molecule has 0 atom stereocenters. The molecular formula is C11H11N3O6S. The van der Waals surface area contributed by atoms with Crippen molar-refractivity contribution in [3.05, 3.63) is 34.4 Å². The van der Waals surface area contributed by atoms with Crippen molar-refractivity contribution in [1.29, 1.82) is 0 Å². The third-order valence-electron chi connectivity index (χ3n) is 2.75. The Balaban J connectivity index is 2.83. The number of carboxylic acid groups (broad SMARTS) is 1. The molecule has 0 saturated carbocycles. The summed E-state index contributed by atoms with van der Waals surface area (Å²) in [4.78, 5) is 26.2. The molecule has 0 unspecified atom stereocenters. The molecule has 2 rings (SSSR count). The van der Waals surface area contributed by atoms with Crippen LogP contribution < -0.4 is 5.56 Å². The van der Waals surface area contributed by atoms with E-state index in [0.29, 0.717) is 0 Å². The molecule has 2 heterocycles. The second-order valence-corrected chi connectivity index (χ2v) is 6.45. The minimum atomic E-state index is -3.78. The van der Waals surface area contributed by atoms with Crippen molar-refractivity contribution in [2.24, 2.45) is 0 Å². The largest absolute Gasteiger partial charge is 0.501 e. The van der Waals surface area contributed by atoms with Crippen LogP contribution in [0, 0.1) is 0 Å². The van der Waals surface area contributed by atoms with Crippen LogP contribution in [0.15, 0.2) is 28.0 Å². The Morgan fingerprint density at radius 2 is 1.95 bits per heavy atom. The average Bonchev–Trinajstić information content (AvgIpc) is 2.41. The maximum atomic E-state index is 12.0. The molecule has 21 heavy (non-hydrogen) atoms. The second-order valence-electron chi connectivity index (χ2n) is 4.30. The van der Waals surface area contributed by atoms with E-state index >= 15 is 0 Å². The first kappa shape index (κ1) is 14.9. The van der Waals surface area contributed by atoms with Gasteiger partial charge in [-0.3, -0.25) is 9.20 Å². The van der Waals surface area contributed by atoms with Crippen molar-refractivity contribution in [2.75, 3.05) is 14.1 Å². The average molecular weight is 313 g/mol. The number of rotatable bonds is 3. The minimum Gasteiger partial charge on any atom is -0.501 e. The molecule has 112 valence electrons.